The van der Waals surface area contributed by atoms with Crippen LogP contribution in [0.3, 0.4) is 0 Å². The van der Waals surface area contributed by atoms with Gasteiger partial charge in [-0.15, -0.1) is 0 Å². The van der Waals surface area contributed by atoms with Crippen LogP contribution in [0.15, 0.2) is 18.3 Å². The van der Waals surface area contributed by atoms with E-state index in [0.29, 0.717) is 6.04 Å². The SMILES string of the molecule is CCCNc1ncccc1CN1CCN(C)C(C)C1. The van der Waals surface area contributed by atoms with Crippen LogP contribution in [0.25, 0.3) is 0 Å². The van der Waals surface area contributed by atoms with Crippen LogP contribution in [0, 0.1) is 0 Å². The Morgan fingerprint density at radius 3 is 3.00 bits per heavy atom. The van der Waals surface area contributed by atoms with Crippen molar-refractivity contribution < 1.29 is 0 Å². The summed E-state index contributed by atoms with van der Waals surface area (Å²) in [6, 6.07) is 4.86. The molecule has 1 fully saturated rings. The Morgan fingerprint density at radius 2 is 2.26 bits per heavy atom. The summed E-state index contributed by atoms with van der Waals surface area (Å²) in [6.07, 6.45) is 3.00. The molecule has 1 aliphatic heterocycles. The van der Waals surface area contributed by atoms with Gasteiger partial charge in [0.15, 0.2) is 0 Å². The molecule has 0 amide bonds. The molecule has 4 nitrogen and oxygen atoms in total. The first-order valence-electron chi connectivity index (χ1n) is 7.31. The highest BCUT2D eigenvalue weighted by molar-refractivity contribution is 5.43. The third-order valence-corrected chi connectivity index (χ3v) is 3.87. The zero-order valence-corrected chi connectivity index (χ0v) is 12.4. The summed E-state index contributed by atoms with van der Waals surface area (Å²) in [6.45, 7) is 9.89. The van der Waals surface area contributed by atoms with E-state index in [9.17, 15) is 0 Å². The number of piperazine rings is 1. The maximum atomic E-state index is 4.47. The Hall–Kier alpha value is -1.13. The monoisotopic (exact) mass is 262 g/mol. The van der Waals surface area contributed by atoms with Gasteiger partial charge in [0.1, 0.15) is 5.82 Å². The summed E-state index contributed by atoms with van der Waals surface area (Å²) in [5.74, 6) is 1.05. The van der Waals surface area contributed by atoms with Crippen molar-refractivity contribution in [3.8, 4) is 0 Å². The van der Waals surface area contributed by atoms with Crippen LogP contribution >= 0.6 is 0 Å². The van der Waals surface area contributed by atoms with E-state index >= 15 is 0 Å². The van der Waals surface area contributed by atoms with Crippen LogP contribution in [-0.4, -0.2) is 54.1 Å². The number of hydrogen-bond acceptors (Lipinski definition) is 4. The van der Waals surface area contributed by atoms with Gasteiger partial charge in [0.2, 0.25) is 0 Å². The van der Waals surface area contributed by atoms with Gasteiger partial charge in [-0.3, -0.25) is 4.90 Å². The van der Waals surface area contributed by atoms with E-state index < -0.39 is 0 Å². The molecule has 1 aromatic heterocycles. The van der Waals surface area contributed by atoms with E-state index in [1.54, 1.807) is 0 Å². The van der Waals surface area contributed by atoms with E-state index in [0.717, 1.165) is 45.0 Å². The summed E-state index contributed by atoms with van der Waals surface area (Å²) in [4.78, 5) is 9.42. The fourth-order valence-electron chi connectivity index (χ4n) is 2.48. The molecule has 0 aliphatic carbocycles. The minimum absolute atomic E-state index is 0.637. The van der Waals surface area contributed by atoms with Crippen molar-refractivity contribution in [2.24, 2.45) is 0 Å². The molecule has 19 heavy (non-hydrogen) atoms. The molecule has 106 valence electrons. The molecular formula is C15H26N4. The molecule has 2 rings (SSSR count). The van der Waals surface area contributed by atoms with Crippen molar-refractivity contribution in [2.75, 3.05) is 38.5 Å². The number of aromatic nitrogens is 1. The van der Waals surface area contributed by atoms with Gasteiger partial charge >= 0.3 is 0 Å². The van der Waals surface area contributed by atoms with Crippen molar-refractivity contribution >= 4 is 5.82 Å². The zero-order valence-electron chi connectivity index (χ0n) is 12.4. The number of nitrogens with zero attached hydrogens (tertiary/aromatic N) is 3. The number of rotatable bonds is 5. The molecule has 0 aromatic carbocycles. The first-order valence-corrected chi connectivity index (χ1v) is 7.31. The third kappa shape index (κ3) is 3.91. The molecule has 1 saturated heterocycles. The molecule has 1 aliphatic rings. The summed E-state index contributed by atoms with van der Waals surface area (Å²) in [7, 11) is 2.21. The predicted octanol–water partition coefficient (Wildman–Crippen LogP) is 2.04. The Kier molecular flexibility index (Phi) is 5.16. The number of anilines is 1. The lowest BCUT2D eigenvalue weighted by molar-refractivity contribution is 0.100. The van der Waals surface area contributed by atoms with Crippen molar-refractivity contribution in [1.29, 1.82) is 0 Å². The first kappa shape index (κ1) is 14.3. The van der Waals surface area contributed by atoms with E-state index in [-0.39, 0.29) is 0 Å². The topological polar surface area (TPSA) is 31.4 Å². The normalized spacial score (nSPS) is 21.5. The highest BCUT2D eigenvalue weighted by atomic mass is 15.3. The van der Waals surface area contributed by atoms with E-state index in [2.05, 4.69) is 47.1 Å². The molecule has 0 radical (unpaired) electrons. The molecule has 0 bridgehead atoms. The smallest absolute Gasteiger partial charge is 0.130 e. The van der Waals surface area contributed by atoms with Gasteiger partial charge in [0.05, 0.1) is 0 Å². The fourth-order valence-corrected chi connectivity index (χ4v) is 2.48. The van der Waals surface area contributed by atoms with E-state index in [1.165, 1.54) is 5.56 Å². The van der Waals surface area contributed by atoms with Gasteiger partial charge in [0.25, 0.3) is 0 Å². The highest BCUT2D eigenvalue weighted by Gasteiger charge is 2.21. The molecular weight excluding hydrogens is 236 g/mol. The van der Waals surface area contributed by atoms with Crippen LogP contribution in [0.2, 0.25) is 0 Å². The predicted molar refractivity (Wildman–Crippen MR) is 80.4 cm³/mol. The van der Waals surface area contributed by atoms with Crippen molar-refractivity contribution in [3.05, 3.63) is 23.9 Å². The van der Waals surface area contributed by atoms with Gasteiger partial charge in [-0.25, -0.2) is 4.98 Å². The summed E-state index contributed by atoms with van der Waals surface area (Å²) < 4.78 is 0. The van der Waals surface area contributed by atoms with Crippen LogP contribution in [0.5, 0.6) is 0 Å². The van der Waals surface area contributed by atoms with Crippen molar-refractivity contribution in [2.45, 2.75) is 32.9 Å². The lowest BCUT2D eigenvalue weighted by atomic mass is 10.1. The molecule has 2 heterocycles. The second-order valence-electron chi connectivity index (χ2n) is 5.50. The lowest BCUT2D eigenvalue weighted by Crippen LogP contribution is -2.49. The van der Waals surface area contributed by atoms with E-state index in [4.69, 9.17) is 0 Å². The molecule has 1 atom stereocenters. The number of nitrogens with one attached hydrogen (secondary N) is 1. The van der Waals surface area contributed by atoms with Crippen molar-refractivity contribution in [3.63, 3.8) is 0 Å². The number of likely N-dealkylation sites (N-methyl/N-ethyl adjacent to an activating group) is 1. The maximum Gasteiger partial charge on any atom is 0.130 e. The van der Waals surface area contributed by atoms with Gasteiger partial charge in [-0.1, -0.05) is 13.0 Å². The maximum absolute atomic E-state index is 4.47. The minimum Gasteiger partial charge on any atom is -0.370 e. The van der Waals surface area contributed by atoms with Gasteiger partial charge in [-0.05, 0) is 26.5 Å². The second-order valence-corrected chi connectivity index (χ2v) is 5.50. The van der Waals surface area contributed by atoms with Crippen LogP contribution in [0.1, 0.15) is 25.8 Å². The molecule has 1 N–H and O–H groups in total. The summed E-state index contributed by atoms with van der Waals surface area (Å²) in [5.41, 5.74) is 1.31. The Bertz CT molecular complexity index is 393. The molecule has 4 heteroatoms. The van der Waals surface area contributed by atoms with Crippen LogP contribution < -0.4 is 5.32 Å². The zero-order chi connectivity index (χ0) is 13.7. The lowest BCUT2D eigenvalue weighted by Gasteiger charge is -2.37. The van der Waals surface area contributed by atoms with Crippen molar-refractivity contribution in [1.82, 2.24) is 14.8 Å². The van der Waals surface area contributed by atoms with E-state index in [1.807, 2.05) is 12.3 Å². The van der Waals surface area contributed by atoms with Crippen LogP contribution in [-0.2, 0) is 6.54 Å². The summed E-state index contributed by atoms with van der Waals surface area (Å²) in [5, 5.41) is 3.42. The Labute approximate surface area is 116 Å². The molecule has 0 saturated carbocycles. The summed E-state index contributed by atoms with van der Waals surface area (Å²) >= 11 is 0. The molecule has 1 unspecified atom stereocenters. The molecule has 0 spiro atoms. The minimum atomic E-state index is 0.637. The molecule has 1 aromatic rings. The largest absolute Gasteiger partial charge is 0.370 e. The quantitative estimate of drug-likeness (QED) is 0.880. The highest BCUT2D eigenvalue weighted by Crippen LogP contribution is 2.16. The Balaban J connectivity index is 1.98. The van der Waals surface area contributed by atoms with Gasteiger partial charge in [0, 0.05) is 50.5 Å². The standard InChI is InChI=1S/C15H26N4/c1-4-7-16-15-14(6-5-8-17-15)12-19-10-9-18(3)13(2)11-19/h5-6,8,13H,4,7,9-12H2,1-3H3,(H,16,17). The number of pyridine rings is 1. The second kappa shape index (κ2) is 6.87. The van der Waals surface area contributed by atoms with Gasteiger partial charge < -0.3 is 10.2 Å². The average molecular weight is 262 g/mol. The average Bonchev–Trinajstić information content (AvgIpc) is 2.42. The number of hydrogen-bond donors (Lipinski definition) is 1. The fraction of sp³-hybridized carbons (Fsp3) is 0.667. The third-order valence-electron chi connectivity index (χ3n) is 3.87. The van der Waals surface area contributed by atoms with Crippen LogP contribution in [0.4, 0.5) is 5.82 Å². The van der Waals surface area contributed by atoms with Gasteiger partial charge in [-0.2, -0.15) is 0 Å². The Morgan fingerprint density at radius 1 is 1.42 bits per heavy atom. The first-order chi connectivity index (χ1) is 9.20.